The van der Waals surface area contributed by atoms with Gasteiger partial charge in [-0.2, -0.15) is 10.2 Å². The van der Waals surface area contributed by atoms with Crippen LogP contribution in [0.3, 0.4) is 0 Å². The highest BCUT2D eigenvalue weighted by Crippen LogP contribution is 2.35. The predicted molar refractivity (Wildman–Crippen MR) is 231 cm³/mol. The van der Waals surface area contributed by atoms with E-state index in [0.29, 0.717) is 48.1 Å². The zero-order chi connectivity index (χ0) is 40.5. The molecule has 1 aliphatic heterocycles. The van der Waals surface area contributed by atoms with Gasteiger partial charge in [-0.3, -0.25) is 9.98 Å². The number of hydrazone groups is 1. The summed E-state index contributed by atoms with van der Waals surface area (Å²) in [6.07, 6.45) is 13.4. The first kappa shape index (κ1) is 44.6. The van der Waals surface area contributed by atoms with Crippen LogP contribution in [0.1, 0.15) is 62.6 Å². The van der Waals surface area contributed by atoms with Gasteiger partial charge in [0.05, 0.1) is 34.7 Å². The summed E-state index contributed by atoms with van der Waals surface area (Å²) in [4.78, 5) is 15.6. The average molecular weight is 759 g/mol. The lowest BCUT2D eigenvalue weighted by Crippen LogP contribution is -2.42. The fraction of sp³-hybridized carbons (Fsp3) is 0.465. The van der Waals surface area contributed by atoms with Crippen LogP contribution in [-0.2, 0) is 0 Å². The molecule has 2 atom stereocenters. The number of likely N-dealkylation sites (tertiary alicyclic amines) is 1. The van der Waals surface area contributed by atoms with Gasteiger partial charge >= 0.3 is 0 Å². The van der Waals surface area contributed by atoms with Gasteiger partial charge in [0.25, 0.3) is 0 Å². The minimum absolute atomic E-state index is 0.0801. The molecular formula is C43H64F2N10. The van der Waals surface area contributed by atoms with Crippen molar-refractivity contribution < 1.29 is 8.87 Å². The summed E-state index contributed by atoms with van der Waals surface area (Å²) >= 11 is 0. The van der Waals surface area contributed by atoms with Crippen molar-refractivity contribution in [3.05, 3.63) is 102 Å². The van der Waals surface area contributed by atoms with E-state index in [2.05, 4.69) is 70.2 Å². The number of aliphatic imine (C=N–C) groups is 2. The molecule has 0 amide bonds. The van der Waals surface area contributed by atoms with Crippen LogP contribution in [0.4, 0.5) is 25.9 Å². The Hall–Kier alpha value is -4.81. The second-order valence-corrected chi connectivity index (χ2v) is 14.2. The quantitative estimate of drug-likeness (QED) is 0.0543. The van der Waals surface area contributed by atoms with Crippen LogP contribution < -0.4 is 21.2 Å². The molecule has 0 spiro atoms. The summed E-state index contributed by atoms with van der Waals surface area (Å²) in [5.74, 6) is -0.124. The Balaban J connectivity index is 1.74. The van der Waals surface area contributed by atoms with Crippen LogP contribution >= 0.6 is 0 Å². The largest absolute Gasteiger partial charge is 0.405 e. The van der Waals surface area contributed by atoms with Crippen molar-refractivity contribution in [3.8, 4) is 0 Å². The maximum atomic E-state index is 16.2. The van der Waals surface area contributed by atoms with Crippen LogP contribution in [0.2, 0.25) is 0 Å². The lowest BCUT2D eigenvalue weighted by Gasteiger charge is -2.35. The number of benzene rings is 2. The van der Waals surface area contributed by atoms with Gasteiger partial charge in [-0.25, -0.2) is 14.9 Å². The molecule has 1 heterocycles. The number of hydrogen-bond acceptors (Lipinski definition) is 10. The van der Waals surface area contributed by atoms with Crippen molar-refractivity contribution in [2.75, 3.05) is 70.4 Å². The molecule has 3 N–H and O–H groups in total. The number of hydrazine groups is 1. The second kappa shape index (κ2) is 22.5. The highest BCUT2D eigenvalue weighted by molar-refractivity contribution is 6.14. The van der Waals surface area contributed by atoms with E-state index in [-0.39, 0.29) is 17.4 Å². The third kappa shape index (κ3) is 12.9. The Bertz CT molecular complexity index is 1690. The molecule has 2 unspecified atom stereocenters. The molecule has 3 rings (SSSR count). The minimum Gasteiger partial charge on any atom is -0.405 e. The normalized spacial score (nSPS) is 15.1. The topological polar surface area (TPSA) is 91.3 Å². The second-order valence-electron chi connectivity index (χ2n) is 14.2. The molecule has 10 nitrogen and oxygen atoms in total. The Morgan fingerprint density at radius 2 is 1.76 bits per heavy atom. The first-order valence-corrected chi connectivity index (χ1v) is 19.3. The molecule has 12 heteroatoms. The van der Waals surface area contributed by atoms with Crippen LogP contribution in [0.5, 0.6) is 0 Å². The van der Waals surface area contributed by atoms with E-state index < -0.39 is 6.04 Å². The molecule has 0 bridgehead atoms. The number of nitrogens with one attached hydrogen (secondary N) is 1. The molecule has 1 saturated heterocycles. The van der Waals surface area contributed by atoms with Gasteiger partial charge in [0.2, 0.25) is 0 Å². The molecule has 300 valence electrons. The lowest BCUT2D eigenvalue weighted by molar-refractivity contribution is 0.0309. The van der Waals surface area contributed by atoms with Gasteiger partial charge < -0.3 is 20.4 Å². The molecular weight excluding hydrogens is 695 g/mol. The van der Waals surface area contributed by atoms with Crippen LogP contribution in [0.25, 0.3) is 0 Å². The van der Waals surface area contributed by atoms with Gasteiger partial charge in [-0.05, 0) is 125 Å². The number of hydrogen-bond donors (Lipinski definition) is 2. The number of nitrogens with zero attached hydrogens (tertiary/aromatic N) is 8. The standard InChI is InChI=1S/C43H64F2N10/c1-11-36(31-52(10)43-38(26-32(3)27-40(43)48-8)39(47-7)18-14-15-21-46)30-51(9)35(6)41(12-2)54(45)34(5)29-50-55(42-20-19-37(44)28-33(42)4)49-22-25-53-23-16-13-17-24-53/h14-15,18-21,26-29,36,41,49H,5-6,8,11-13,16-17,22-25,30-31,46H2,1-4,7,9-10H3/b18-14-,21-15+,47-39?,50-29-. The van der Waals surface area contributed by atoms with Crippen molar-refractivity contribution in [3.63, 3.8) is 0 Å². The van der Waals surface area contributed by atoms with Crippen LogP contribution in [0.15, 0.2) is 94.4 Å². The molecule has 2 aromatic carbocycles. The zero-order valence-corrected chi connectivity index (χ0v) is 34.2. The van der Waals surface area contributed by atoms with Gasteiger partial charge in [0.1, 0.15) is 11.9 Å². The highest BCUT2D eigenvalue weighted by atomic mass is 19.2. The van der Waals surface area contributed by atoms with E-state index in [0.717, 1.165) is 54.3 Å². The van der Waals surface area contributed by atoms with Crippen molar-refractivity contribution in [2.24, 2.45) is 26.7 Å². The summed E-state index contributed by atoms with van der Waals surface area (Å²) in [7, 11) is 5.77. The fourth-order valence-electron chi connectivity index (χ4n) is 6.97. The van der Waals surface area contributed by atoms with E-state index in [9.17, 15) is 4.39 Å². The number of nitrogens with two attached hydrogens (primary N) is 1. The molecule has 1 aliphatic rings. The number of piperidine rings is 1. The van der Waals surface area contributed by atoms with Crippen molar-refractivity contribution in [2.45, 2.75) is 65.8 Å². The fourth-order valence-corrected chi connectivity index (χ4v) is 6.97. The van der Waals surface area contributed by atoms with Crippen molar-refractivity contribution in [1.82, 2.24) is 20.3 Å². The lowest BCUT2D eigenvalue weighted by atomic mass is 9.99. The number of allylic oxidation sites excluding steroid dienone is 4. The molecule has 0 aromatic heterocycles. The smallest absolute Gasteiger partial charge is 0.123 e. The van der Waals surface area contributed by atoms with E-state index in [1.807, 2.05) is 50.9 Å². The zero-order valence-electron chi connectivity index (χ0n) is 34.2. The molecule has 0 radical (unpaired) electrons. The summed E-state index contributed by atoms with van der Waals surface area (Å²) in [6, 6.07) is 8.00. The van der Waals surface area contributed by atoms with Gasteiger partial charge in [0, 0.05) is 58.6 Å². The monoisotopic (exact) mass is 759 g/mol. The first-order chi connectivity index (χ1) is 26.4. The van der Waals surface area contributed by atoms with E-state index in [1.165, 1.54) is 43.8 Å². The molecule has 1 fully saturated rings. The number of anilines is 2. The summed E-state index contributed by atoms with van der Waals surface area (Å²) in [5, 5.41) is 6.81. The Morgan fingerprint density at radius 1 is 1.04 bits per heavy atom. The maximum absolute atomic E-state index is 16.2. The average Bonchev–Trinajstić information content (AvgIpc) is 3.17. The van der Waals surface area contributed by atoms with Crippen molar-refractivity contribution in [1.29, 1.82) is 0 Å². The van der Waals surface area contributed by atoms with Gasteiger partial charge in [-0.15, -0.1) is 0 Å². The number of rotatable bonds is 22. The summed E-state index contributed by atoms with van der Waals surface area (Å²) < 4.78 is 30.2. The summed E-state index contributed by atoms with van der Waals surface area (Å²) in [6.45, 7) is 25.1. The maximum Gasteiger partial charge on any atom is 0.123 e. The molecule has 55 heavy (non-hydrogen) atoms. The minimum atomic E-state index is -0.662. The third-order valence-electron chi connectivity index (χ3n) is 10.1. The Kier molecular flexibility index (Phi) is 18.3. The molecule has 2 aromatic rings. The van der Waals surface area contributed by atoms with Crippen LogP contribution in [-0.4, -0.2) is 100 Å². The van der Waals surface area contributed by atoms with E-state index in [1.54, 1.807) is 24.3 Å². The third-order valence-corrected chi connectivity index (χ3v) is 10.1. The van der Waals surface area contributed by atoms with Crippen LogP contribution in [0, 0.1) is 25.6 Å². The number of halogens is 2. The Morgan fingerprint density at radius 3 is 2.38 bits per heavy atom. The predicted octanol–water partition coefficient (Wildman–Crippen LogP) is 8.09. The number of aryl methyl sites for hydroxylation is 2. The first-order valence-electron chi connectivity index (χ1n) is 19.3. The Labute approximate surface area is 329 Å². The highest BCUT2D eigenvalue weighted by Gasteiger charge is 2.26. The van der Waals surface area contributed by atoms with Gasteiger partial charge in [0.15, 0.2) is 0 Å². The van der Waals surface area contributed by atoms with Crippen molar-refractivity contribution >= 4 is 35.7 Å². The van der Waals surface area contributed by atoms with E-state index in [4.69, 9.17) is 5.73 Å². The van der Waals surface area contributed by atoms with Gasteiger partial charge in [-0.1, -0.05) is 44.0 Å². The van der Waals surface area contributed by atoms with E-state index >= 15 is 4.48 Å². The SMILES string of the molecule is C=Nc1cc(C)cc(C(/C=C\C=C\N)=NC)c1N(C)CC(CC)CN(C)C(=C)C(CC)N(F)C(=C)/C=N\N(NCCN1CCCCC1)c1ccc(F)cc1C. The molecule has 0 aliphatic carbocycles. The summed E-state index contributed by atoms with van der Waals surface area (Å²) in [5.41, 5.74) is 15.5. The number of likely N-dealkylation sites (N-methyl/N-ethyl adjacent to an activating group) is 1. The molecule has 0 saturated carbocycles.